The Morgan fingerprint density at radius 3 is 2.54 bits per heavy atom. The number of hydrogen-bond acceptors (Lipinski definition) is 6. The lowest BCUT2D eigenvalue weighted by Gasteiger charge is -2.26. The molecule has 0 spiro atoms. The number of carbonyl (C=O) groups excluding carboxylic acids is 1. The molecule has 1 saturated heterocycles. The number of anilines is 1. The number of rotatable bonds is 5. The van der Waals surface area contributed by atoms with Crippen molar-refractivity contribution in [2.24, 2.45) is 0 Å². The Kier molecular flexibility index (Phi) is 5.07. The number of morpholine rings is 1. The van der Waals surface area contributed by atoms with Crippen molar-refractivity contribution in [3.05, 3.63) is 48.5 Å². The minimum absolute atomic E-state index is 0.00827. The molecular formula is C18H19N5O4S. The van der Waals surface area contributed by atoms with E-state index < -0.39 is 10.0 Å². The third kappa shape index (κ3) is 3.75. The number of nitrogens with one attached hydrogen (secondary N) is 1. The zero-order valence-electron chi connectivity index (χ0n) is 15.0. The van der Waals surface area contributed by atoms with Crippen molar-refractivity contribution < 1.29 is 17.9 Å². The number of amides is 1. The summed E-state index contributed by atoms with van der Waals surface area (Å²) in [6.45, 7) is 1.47. The van der Waals surface area contributed by atoms with Crippen molar-refractivity contribution in [1.82, 2.24) is 19.3 Å². The summed E-state index contributed by atoms with van der Waals surface area (Å²) in [6, 6.07) is 13.5. The Labute approximate surface area is 161 Å². The van der Waals surface area contributed by atoms with Gasteiger partial charge < -0.3 is 10.1 Å². The quantitative estimate of drug-likeness (QED) is 0.686. The number of sulfonamides is 1. The minimum Gasteiger partial charge on any atom is -0.379 e. The van der Waals surface area contributed by atoms with Crippen LogP contribution in [0.1, 0.15) is 0 Å². The van der Waals surface area contributed by atoms with Crippen molar-refractivity contribution in [3.63, 3.8) is 0 Å². The van der Waals surface area contributed by atoms with Gasteiger partial charge in [-0.05, 0) is 36.4 Å². The largest absolute Gasteiger partial charge is 0.379 e. The van der Waals surface area contributed by atoms with E-state index in [1.165, 1.54) is 21.1 Å². The summed E-state index contributed by atoms with van der Waals surface area (Å²) < 4.78 is 33.4. The molecule has 10 heteroatoms. The highest BCUT2D eigenvalue weighted by atomic mass is 32.2. The lowest BCUT2D eigenvalue weighted by molar-refractivity contribution is -0.116. The maximum absolute atomic E-state index is 12.6. The van der Waals surface area contributed by atoms with E-state index in [-0.39, 0.29) is 17.3 Å². The van der Waals surface area contributed by atoms with Crippen LogP contribution in [-0.4, -0.2) is 59.9 Å². The standard InChI is InChI=1S/C18H19N5O4S/c24-18(13-23-17-4-2-1-3-16(17)20-21-23)19-14-5-7-15(8-6-14)28(25,26)22-9-11-27-12-10-22/h1-8H,9-13H2,(H,19,24). The van der Waals surface area contributed by atoms with E-state index in [2.05, 4.69) is 15.6 Å². The van der Waals surface area contributed by atoms with E-state index in [1.54, 1.807) is 12.1 Å². The van der Waals surface area contributed by atoms with Crippen LogP contribution in [0.25, 0.3) is 11.0 Å². The van der Waals surface area contributed by atoms with Crippen molar-refractivity contribution in [3.8, 4) is 0 Å². The van der Waals surface area contributed by atoms with Gasteiger partial charge in [0.05, 0.1) is 23.6 Å². The second kappa shape index (κ2) is 7.66. The lowest BCUT2D eigenvalue weighted by Crippen LogP contribution is -2.40. The van der Waals surface area contributed by atoms with Crippen LogP contribution < -0.4 is 5.32 Å². The number of hydrogen-bond donors (Lipinski definition) is 1. The molecule has 1 amide bonds. The molecule has 0 atom stereocenters. The van der Waals surface area contributed by atoms with Crippen molar-refractivity contribution >= 4 is 32.7 Å². The summed E-state index contributed by atoms with van der Waals surface area (Å²) in [5, 5.41) is 10.7. The molecule has 1 fully saturated rings. The zero-order valence-corrected chi connectivity index (χ0v) is 15.8. The monoisotopic (exact) mass is 401 g/mol. The molecule has 0 unspecified atom stereocenters. The SMILES string of the molecule is O=C(Cn1nnc2ccccc21)Nc1ccc(S(=O)(=O)N2CCOCC2)cc1. The first-order valence-corrected chi connectivity index (χ1v) is 10.2. The molecular weight excluding hydrogens is 382 g/mol. The van der Waals surface area contributed by atoms with Crippen molar-refractivity contribution in [1.29, 1.82) is 0 Å². The van der Waals surface area contributed by atoms with Gasteiger partial charge in [0.15, 0.2) is 0 Å². The molecule has 28 heavy (non-hydrogen) atoms. The fourth-order valence-electron chi connectivity index (χ4n) is 3.02. The second-order valence-corrected chi connectivity index (χ2v) is 8.26. The summed E-state index contributed by atoms with van der Waals surface area (Å²) >= 11 is 0. The molecule has 0 bridgehead atoms. The molecule has 0 radical (unpaired) electrons. The average molecular weight is 401 g/mol. The highest BCUT2D eigenvalue weighted by Crippen LogP contribution is 2.19. The van der Waals surface area contributed by atoms with Crippen molar-refractivity contribution in [2.45, 2.75) is 11.4 Å². The Morgan fingerprint density at radius 1 is 1.07 bits per heavy atom. The molecule has 146 valence electrons. The van der Waals surface area contributed by atoms with E-state index in [9.17, 15) is 13.2 Å². The fraction of sp³-hybridized carbons (Fsp3) is 0.278. The number of nitrogens with zero attached hydrogens (tertiary/aromatic N) is 4. The first-order valence-electron chi connectivity index (χ1n) is 8.80. The van der Waals surface area contributed by atoms with Crippen LogP contribution in [0.15, 0.2) is 53.4 Å². The number of para-hydroxylation sites is 1. The molecule has 1 aliphatic heterocycles. The molecule has 3 aromatic rings. The highest BCUT2D eigenvalue weighted by Gasteiger charge is 2.26. The maximum Gasteiger partial charge on any atom is 0.246 e. The lowest BCUT2D eigenvalue weighted by atomic mass is 10.3. The Morgan fingerprint density at radius 2 is 1.79 bits per heavy atom. The number of fused-ring (bicyclic) bond motifs is 1. The van der Waals surface area contributed by atoms with Gasteiger partial charge in [-0.1, -0.05) is 17.3 Å². The van der Waals surface area contributed by atoms with E-state index in [1.807, 2.05) is 24.3 Å². The Bertz CT molecular complexity index is 1090. The van der Waals surface area contributed by atoms with Gasteiger partial charge in [-0.2, -0.15) is 4.31 Å². The van der Waals surface area contributed by atoms with Crippen LogP contribution in [0.4, 0.5) is 5.69 Å². The fourth-order valence-corrected chi connectivity index (χ4v) is 4.42. The Balaban J connectivity index is 1.43. The van der Waals surface area contributed by atoms with Gasteiger partial charge in [-0.15, -0.1) is 5.10 Å². The second-order valence-electron chi connectivity index (χ2n) is 6.32. The third-order valence-electron chi connectivity index (χ3n) is 4.46. The molecule has 4 rings (SSSR count). The minimum atomic E-state index is -3.55. The number of benzene rings is 2. The van der Waals surface area contributed by atoms with Crippen molar-refractivity contribution in [2.75, 3.05) is 31.6 Å². The highest BCUT2D eigenvalue weighted by molar-refractivity contribution is 7.89. The van der Waals surface area contributed by atoms with E-state index in [0.717, 1.165) is 5.52 Å². The predicted molar refractivity (Wildman–Crippen MR) is 102 cm³/mol. The Hall–Kier alpha value is -2.82. The van der Waals surface area contributed by atoms with E-state index in [0.29, 0.717) is 37.5 Å². The number of ether oxygens (including phenoxy) is 1. The summed E-state index contributed by atoms with van der Waals surface area (Å²) in [7, 11) is -3.55. The summed E-state index contributed by atoms with van der Waals surface area (Å²) in [6.07, 6.45) is 0. The summed E-state index contributed by atoms with van der Waals surface area (Å²) in [4.78, 5) is 12.5. The topological polar surface area (TPSA) is 106 Å². The van der Waals surface area contributed by atoms with Crippen LogP contribution in [0, 0.1) is 0 Å². The molecule has 1 aliphatic rings. The van der Waals surface area contributed by atoms with Gasteiger partial charge in [-0.3, -0.25) is 4.79 Å². The molecule has 0 aliphatic carbocycles. The average Bonchev–Trinajstić information content (AvgIpc) is 3.12. The van der Waals surface area contributed by atoms with E-state index in [4.69, 9.17) is 4.74 Å². The third-order valence-corrected chi connectivity index (χ3v) is 6.37. The van der Waals surface area contributed by atoms with Gasteiger partial charge in [0.25, 0.3) is 0 Å². The maximum atomic E-state index is 12.6. The number of aromatic nitrogens is 3. The summed E-state index contributed by atoms with van der Waals surface area (Å²) in [5.74, 6) is -0.278. The molecule has 2 aromatic carbocycles. The van der Waals surface area contributed by atoms with Crippen LogP contribution in [0.5, 0.6) is 0 Å². The zero-order chi connectivity index (χ0) is 19.6. The predicted octanol–water partition coefficient (Wildman–Crippen LogP) is 1.09. The van der Waals surface area contributed by atoms with E-state index >= 15 is 0 Å². The van der Waals surface area contributed by atoms with Crippen LogP contribution in [0.3, 0.4) is 0 Å². The molecule has 0 saturated carbocycles. The van der Waals surface area contributed by atoms with Crippen LogP contribution >= 0.6 is 0 Å². The normalized spacial score (nSPS) is 15.6. The first kappa shape index (κ1) is 18.5. The van der Waals surface area contributed by atoms with Crippen LogP contribution in [0.2, 0.25) is 0 Å². The molecule has 1 aromatic heterocycles. The summed E-state index contributed by atoms with van der Waals surface area (Å²) in [5.41, 5.74) is 1.99. The molecule has 9 nitrogen and oxygen atoms in total. The molecule has 1 N–H and O–H groups in total. The van der Waals surface area contributed by atoms with Gasteiger partial charge in [0.2, 0.25) is 15.9 Å². The molecule has 2 heterocycles. The van der Waals surface area contributed by atoms with Crippen LogP contribution in [-0.2, 0) is 26.1 Å². The number of carbonyl (C=O) groups is 1. The van der Waals surface area contributed by atoms with Gasteiger partial charge in [0.1, 0.15) is 12.1 Å². The van der Waals surface area contributed by atoms with Gasteiger partial charge in [-0.25, -0.2) is 13.1 Å². The van der Waals surface area contributed by atoms with Gasteiger partial charge in [0, 0.05) is 18.8 Å². The van der Waals surface area contributed by atoms with Gasteiger partial charge >= 0.3 is 0 Å². The first-order chi connectivity index (χ1) is 13.5. The smallest absolute Gasteiger partial charge is 0.246 e.